The van der Waals surface area contributed by atoms with Gasteiger partial charge in [0.25, 0.3) is 5.91 Å². The Morgan fingerprint density at radius 2 is 2.12 bits per heavy atom. The number of pyridine rings is 1. The molecule has 1 aliphatic heterocycles. The fraction of sp³-hybridized carbons (Fsp3) is 0.333. The summed E-state index contributed by atoms with van der Waals surface area (Å²) in [5, 5.41) is 3.34. The number of hydrogen-bond acceptors (Lipinski definition) is 4. The minimum atomic E-state index is 0. The van der Waals surface area contributed by atoms with Crippen molar-refractivity contribution in [3.8, 4) is 5.88 Å². The monoisotopic (exact) mass is 347 g/mol. The summed E-state index contributed by atoms with van der Waals surface area (Å²) in [5.41, 5.74) is 1.69. The Morgan fingerprint density at radius 3 is 2.88 bits per heavy atom. The van der Waals surface area contributed by atoms with Crippen molar-refractivity contribution >= 4 is 18.3 Å². The van der Waals surface area contributed by atoms with E-state index in [9.17, 15) is 4.79 Å². The topological polar surface area (TPSA) is 54.5 Å². The van der Waals surface area contributed by atoms with E-state index in [1.165, 1.54) is 0 Å². The highest BCUT2D eigenvalue weighted by Crippen LogP contribution is 2.14. The quantitative estimate of drug-likeness (QED) is 0.923. The number of nitrogens with zero attached hydrogens (tertiary/aromatic N) is 2. The number of carbonyl (C=O) groups is 1. The molecular weight excluding hydrogens is 326 g/mol. The van der Waals surface area contributed by atoms with E-state index in [1.54, 1.807) is 18.3 Å². The maximum absolute atomic E-state index is 12.6. The number of rotatable bonds is 4. The average Bonchev–Trinajstić information content (AvgIpc) is 2.60. The van der Waals surface area contributed by atoms with Crippen LogP contribution in [-0.2, 0) is 6.61 Å². The Hall–Kier alpha value is -2.11. The lowest BCUT2D eigenvalue weighted by atomic mass is 10.2. The van der Waals surface area contributed by atoms with Crippen molar-refractivity contribution in [3.05, 3.63) is 59.8 Å². The number of carbonyl (C=O) groups excluding carboxylic acids is 1. The molecule has 1 aliphatic rings. The number of ether oxygens (including phenoxy) is 1. The minimum Gasteiger partial charge on any atom is -0.473 e. The average molecular weight is 348 g/mol. The first-order chi connectivity index (χ1) is 11.2. The third-order valence-electron chi connectivity index (χ3n) is 3.87. The molecule has 128 valence electrons. The molecule has 24 heavy (non-hydrogen) atoms. The van der Waals surface area contributed by atoms with Crippen molar-refractivity contribution in [1.29, 1.82) is 0 Å². The van der Waals surface area contributed by atoms with E-state index >= 15 is 0 Å². The fourth-order valence-corrected chi connectivity index (χ4v) is 2.65. The highest BCUT2D eigenvalue weighted by Gasteiger charge is 2.22. The normalized spacial score (nSPS) is 17.0. The molecule has 0 radical (unpaired) electrons. The molecule has 1 atom stereocenters. The number of nitrogens with one attached hydrogen (secondary N) is 1. The number of amides is 1. The van der Waals surface area contributed by atoms with Gasteiger partial charge in [0.15, 0.2) is 0 Å². The van der Waals surface area contributed by atoms with Crippen LogP contribution in [0.5, 0.6) is 5.88 Å². The highest BCUT2D eigenvalue weighted by molar-refractivity contribution is 5.94. The maximum atomic E-state index is 12.6. The van der Waals surface area contributed by atoms with Crippen LogP contribution in [0.1, 0.15) is 22.8 Å². The van der Waals surface area contributed by atoms with Gasteiger partial charge in [-0.1, -0.05) is 30.3 Å². The van der Waals surface area contributed by atoms with Crippen molar-refractivity contribution in [1.82, 2.24) is 15.2 Å². The number of hydrogen-bond donors (Lipinski definition) is 1. The molecule has 0 spiro atoms. The lowest BCUT2D eigenvalue weighted by Gasteiger charge is -2.31. The molecule has 5 nitrogen and oxygen atoms in total. The first kappa shape index (κ1) is 18.2. The van der Waals surface area contributed by atoms with E-state index in [-0.39, 0.29) is 18.3 Å². The molecule has 0 aliphatic carbocycles. The van der Waals surface area contributed by atoms with Crippen molar-refractivity contribution < 1.29 is 9.53 Å². The molecule has 1 aromatic heterocycles. The van der Waals surface area contributed by atoms with Gasteiger partial charge >= 0.3 is 0 Å². The molecule has 1 fully saturated rings. The van der Waals surface area contributed by atoms with E-state index in [1.807, 2.05) is 35.2 Å². The molecule has 0 bridgehead atoms. The lowest BCUT2D eigenvalue weighted by Crippen LogP contribution is -2.51. The van der Waals surface area contributed by atoms with Crippen molar-refractivity contribution in [2.75, 3.05) is 19.6 Å². The number of piperazine rings is 1. The van der Waals surface area contributed by atoms with Gasteiger partial charge in [0.1, 0.15) is 6.61 Å². The van der Waals surface area contributed by atoms with Gasteiger partial charge in [-0.25, -0.2) is 4.98 Å². The van der Waals surface area contributed by atoms with Gasteiger partial charge in [-0.15, -0.1) is 12.4 Å². The molecule has 2 aromatic rings. The Labute approximate surface area is 148 Å². The molecule has 0 saturated carbocycles. The van der Waals surface area contributed by atoms with E-state index in [2.05, 4.69) is 17.2 Å². The van der Waals surface area contributed by atoms with E-state index < -0.39 is 0 Å². The zero-order valence-electron chi connectivity index (χ0n) is 13.6. The molecule has 6 heteroatoms. The van der Waals surface area contributed by atoms with E-state index in [4.69, 9.17) is 4.74 Å². The van der Waals surface area contributed by atoms with Crippen LogP contribution >= 0.6 is 12.4 Å². The summed E-state index contributed by atoms with van der Waals surface area (Å²) in [5.74, 6) is 0.508. The van der Waals surface area contributed by atoms with Crippen LogP contribution in [0.25, 0.3) is 0 Å². The molecule has 1 aromatic carbocycles. The number of aromatic nitrogens is 1. The van der Waals surface area contributed by atoms with Gasteiger partial charge in [-0.3, -0.25) is 4.79 Å². The first-order valence-corrected chi connectivity index (χ1v) is 7.88. The van der Waals surface area contributed by atoms with Crippen LogP contribution < -0.4 is 10.1 Å². The van der Waals surface area contributed by atoms with Crippen molar-refractivity contribution in [2.24, 2.45) is 0 Å². The number of halogens is 1. The van der Waals surface area contributed by atoms with Crippen LogP contribution in [0, 0.1) is 0 Å². The van der Waals surface area contributed by atoms with Crippen molar-refractivity contribution in [3.63, 3.8) is 0 Å². The Kier molecular flexibility index (Phi) is 6.58. The van der Waals surface area contributed by atoms with Crippen LogP contribution in [0.4, 0.5) is 0 Å². The third kappa shape index (κ3) is 4.69. The molecule has 2 heterocycles. The summed E-state index contributed by atoms with van der Waals surface area (Å²) in [4.78, 5) is 18.7. The zero-order chi connectivity index (χ0) is 16.1. The predicted octanol–water partition coefficient (Wildman–Crippen LogP) is 2.52. The van der Waals surface area contributed by atoms with Crippen molar-refractivity contribution in [2.45, 2.75) is 19.6 Å². The molecular formula is C18H22ClN3O2. The Balaban J connectivity index is 0.00000208. The van der Waals surface area contributed by atoms with Crippen LogP contribution in [0.15, 0.2) is 48.7 Å². The largest absolute Gasteiger partial charge is 0.473 e. The molecule has 1 N–H and O–H groups in total. The van der Waals surface area contributed by atoms with E-state index in [0.717, 1.165) is 25.2 Å². The highest BCUT2D eigenvalue weighted by atomic mass is 35.5. The summed E-state index contributed by atoms with van der Waals surface area (Å²) >= 11 is 0. The van der Waals surface area contributed by atoms with Crippen LogP contribution in [-0.4, -0.2) is 41.5 Å². The smallest absolute Gasteiger partial charge is 0.254 e. The lowest BCUT2D eigenvalue weighted by molar-refractivity contribution is 0.0708. The standard InChI is InChI=1S/C18H21N3O2.ClH/c1-14-12-21(10-9-19-14)18(22)16-7-8-20-17(11-16)23-13-15-5-3-2-4-6-15;/h2-8,11,14,19H,9-10,12-13H2,1H3;1H/t14-;/m1./s1. The molecule has 1 saturated heterocycles. The molecule has 1 amide bonds. The summed E-state index contributed by atoms with van der Waals surface area (Å²) in [6, 6.07) is 13.7. The van der Waals surface area contributed by atoms with Gasteiger partial charge in [0, 0.05) is 43.5 Å². The second-order valence-electron chi connectivity index (χ2n) is 5.76. The second kappa shape index (κ2) is 8.66. The number of benzene rings is 1. The van der Waals surface area contributed by atoms with Gasteiger partial charge in [0.05, 0.1) is 0 Å². The van der Waals surface area contributed by atoms with E-state index in [0.29, 0.717) is 24.1 Å². The minimum absolute atomic E-state index is 0. The van der Waals surface area contributed by atoms with Crippen LogP contribution in [0.3, 0.4) is 0 Å². The summed E-state index contributed by atoms with van der Waals surface area (Å²) in [7, 11) is 0. The Bertz CT molecular complexity index is 666. The second-order valence-corrected chi connectivity index (χ2v) is 5.76. The molecule has 3 rings (SSSR count). The summed E-state index contributed by atoms with van der Waals surface area (Å²) < 4.78 is 5.70. The Morgan fingerprint density at radius 1 is 1.33 bits per heavy atom. The van der Waals surface area contributed by atoms with Gasteiger partial charge in [-0.05, 0) is 18.6 Å². The van der Waals surface area contributed by atoms with Gasteiger partial charge in [0.2, 0.25) is 5.88 Å². The van der Waals surface area contributed by atoms with Crippen LogP contribution in [0.2, 0.25) is 0 Å². The first-order valence-electron chi connectivity index (χ1n) is 7.88. The summed E-state index contributed by atoms with van der Waals surface area (Å²) in [6.45, 7) is 4.80. The fourth-order valence-electron chi connectivity index (χ4n) is 2.65. The maximum Gasteiger partial charge on any atom is 0.254 e. The summed E-state index contributed by atoms with van der Waals surface area (Å²) in [6.07, 6.45) is 1.62. The van der Waals surface area contributed by atoms with Gasteiger partial charge < -0.3 is 15.0 Å². The predicted molar refractivity (Wildman–Crippen MR) is 95.6 cm³/mol. The zero-order valence-corrected chi connectivity index (χ0v) is 14.5. The van der Waals surface area contributed by atoms with Gasteiger partial charge in [-0.2, -0.15) is 0 Å². The third-order valence-corrected chi connectivity index (χ3v) is 3.87. The molecule has 0 unspecified atom stereocenters. The SMILES string of the molecule is C[C@@H]1CN(C(=O)c2ccnc(OCc3ccccc3)c2)CCN1.Cl.